The average molecular weight is 569 g/mol. The zero-order chi connectivity index (χ0) is 20.4. The van der Waals surface area contributed by atoms with Crippen LogP contribution in [0.3, 0.4) is 0 Å². The number of halogens is 2. The molecule has 3 N–H and O–H groups in total. The molecule has 0 aliphatic rings. The van der Waals surface area contributed by atoms with Gasteiger partial charge in [-0.25, -0.2) is 13.1 Å². The number of hydrogen-bond acceptors (Lipinski definition) is 4. The van der Waals surface area contributed by atoms with Gasteiger partial charge in [-0.1, -0.05) is 35.9 Å². The van der Waals surface area contributed by atoms with Crippen molar-refractivity contribution in [3.63, 3.8) is 0 Å². The summed E-state index contributed by atoms with van der Waals surface area (Å²) in [6.45, 7) is 1.31. The van der Waals surface area contributed by atoms with Gasteiger partial charge >= 0.3 is 0 Å². The Hall–Kier alpha value is -1.01. The number of sulfonamides is 1. The number of hydrogen-bond donors (Lipinski definition) is 3. The number of benzene rings is 2. The molecule has 2 rings (SSSR count). The van der Waals surface area contributed by atoms with Crippen molar-refractivity contribution in [2.45, 2.75) is 17.2 Å². The topological polar surface area (TPSA) is 82.6 Å². The molecule has 2 aromatic rings. The van der Waals surface area contributed by atoms with Crippen molar-refractivity contribution >= 4 is 63.3 Å². The van der Waals surface area contributed by atoms with Crippen LogP contribution in [0.25, 0.3) is 0 Å². The molecule has 0 amide bonds. The maximum Gasteiger partial charge on any atom is 0.215 e. The summed E-state index contributed by atoms with van der Waals surface area (Å²) in [5, 5.41) is 7.25. The second-order valence-electron chi connectivity index (χ2n) is 5.94. The normalized spacial score (nSPS) is 11.6. The van der Waals surface area contributed by atoms with Gasteiger partial charge in [0, 0.05) is 35.8 Å². The highest BCUT2D eigenvalue weighted by Crippen LogP contribution is 2.19. The lowest BCUT2D eigenvalue weighted by Crippen LogP contribution is -2.37. The van der Waals surface area contributed by atoms with Crippen LogP contribution in [0.4, 0.5) is 0 Å². The lowest BCUT2D eigenvalue weighted by molar-refractivity contribution is 0.587. The molecule has 0 spiro atoms. The lowest BCUT2D eigenvalue weighted by atomic mass is 10.1. The van der Waals surface area contributed by atoms with Gasteiger partial charge in [0.05, 0.1) is 5.75 Å². The Morgan fingerprint density at radius 2 is 1.79 bits per heavy atom. The lowest BCUT2D eigenvalue weighted by Gasteiger charge is -2.12. The summed E-state index contributed by atoms with van der Waals surface area (Å²) in [6.07, 6.45) is 0. The standard InChI is InChI=1S/C19H25ClN4O2S2.HI/c1-21-19(23-10-11-27-18-8-6-17(20)7-9-18)24-13-15-4-3-5-16(12-15)14-28(25,26)22-2;/h3-9,12,22H,10-11,13-14H2,1-2H3,(H2,21,23,24);1H. The van der Waals surface area contributed by atoms with Crippen LogP contribution in [0.5, 0.6) is 0 Å². The second kappa shape index (κ2) is 13.3. The van der Waals surface area contributed by atoms with Crippen LogP contribution in [-0.4, -0.2) is 40.8 Å². The highest BCUT2D eigenvalue weighted by atomic mass is 127. The molecule has 2 aromatic carbocycles. The molecule has 0 aliphatic carbocycles. The number of nitrogens with zero attached hydrogens (tertiary/aromatic N) is 1. The molecule has 0 radical (unpaired) electrons. The molecule has 0 heterocycles. The van der Waals surface area contributed by atoms with Crippen molar-refractivity contribution in [1.82, 2.24) is 15.4 Å². The molecule has 160 valence electrons. The molecule has 0 fully saturated rings. The zero-order valence-corrected chi connectivity index (χ0v) is 21.0. The SMILES string of the molecule is CN=C(NCCSc1ccc(Cl)cc1)NCc1cccc(CS(=O)(=O)NC)c1.I. The maximum absolute atomic E-state index is 11.7. The van der Waals surface area contributed by atoms with E-state index in [1.165, 1.54) is 11.9 Å². The summed E-state index contributed by atoms with van der Waals surface area (Å²) < 4.78 is 25.7. The van der Waals surface area contributed by atoms with Gasteiger partial charge in [0.25, 0.3) is 0 Å². The monoisotopic (exact) mass is 568 g/mol. The van der Waals surface area contributed by atoms with Crippen LogP contribution in [-0.2, 0) is 22.3 Å². The van der Waals surface area contributed by atoms with Crippen molar-refractivity contribution in [3.8, 4) is 0 Å². The van der Waals surface area contributed by atoms with Gasteiger partial charge in [-0.2, -0.15) is 0 Å². The fourth-order valence-corrected chi connectivity index (χ4v) is 4.05. The second-order valence-corrected chi connectivity index (χ2v) is 9.47. The van der Waals surface area contributed by atoms with Gasteiger partial charge in [0.2, 0.25) is 10.0 Å². The quantitative estimate of drug-likeness (QED) is 0.142. The summed E-state index contributed by atoms with van der Waals surface area (Å²) in [6, 6.07) is 15.3. The van der Waals surface area contributed by atoms with E-state index >= 15 is 0 Å². The number of aliphatic imine (C=N–C) groups is 1. The molecular formula is C19H26ClIN4O2S2. The molecule has 29 heavy (non-hydrogen) atoms. The largest absolute Gasteiger partial charge is 0.356 e. The number of guanidine groups is 1. The Morgan fingerprint density at radius 3 is 2.45 bits per heavy atom. The Labute approximate surface area is 199 Å². The van der Waals surface area contributed by atoms with Crippen LogP contribution < -0.4 is 15.4 Å². The first kappa shape index (κ1) is 26.0. The smallest absolute Gasteiger partial charge is 0.215 e. The van der Waals surface area contributed by atoms with E-state index in [1.54, 1.807) is 24.9 Å². The minimum Gasteiger partial charge on any atom is -0.356 e. The molecule has 0 atom stereocenters. The highest BCUT2D eigenvalue weighted by Gasteiger charge is 2.09. The third-order valence-electron chi connectivity index (χ3n) is 3.82. The van der Waals surface area contributed by atoms with E-state index in [1.807, 2.05) is 42.5 Å². The van der Waals surface area contributed by atoms with E-state index in [0.717, 1.165) is 28.4 Å². The predicted octanol–water partition coefficient (Wildman–Crippen LogP) is 3.46. The van der Waals surface area contributed by atoms with E-state index < -0.39 is 10.0 Å². The van der Waals surface area contributed by atoms with Crippen LogP contribution in [0.1, 0.15) is 11.1 Å². The molecular weight excluding hydrogens is 543 g/mol. The first-order valence-electron chi connectivity index (χ1n) is 8.74. The highest BCUT2D eigenvalue weighted by molar-refractivity contribution is 14.0. The maximum atomic E-state index is 11.7. The van der Waals surface area contributed by atoms with E-state index in [0.29, 0.717) is 12.5 Å². The van der Waals surface area contributed by atoms with E-state index in [9.17, 15) is 8.42 Å². The van der Waals surface area contributed by atoms with Gasteiger partial charge < -0.3 is 10.6 Å². The Bertz CT molecular complexity index is 893. The van der Waals surface area contributed by atoms with E-state index in [-0.39, 0.29) is 29.7 Å². The minimum atomic E-state index is -3.28. The van der Waals surface area contributed by atoms with Crippen molar-refractivity contribution < 1.29 is 8.42 Å². The van der Waals surface area contributed by atoms with Crippen molar-refractivity contribution in [3.05, 3.63) is 64.7 Å². The summed E-state index contributed by atoms with van der Waals surface area (Å²) >= 11 is 7.63. The molecule has 0 bridgehead atoms. The Kier molecular flexibility index (Phi) is 12.0. The summed E-state index contributed by atoms with van der Waals surface area (Å²) in [5.41, 5.74) is 1.73. The average Bonchev–Trinajstić information content (AvgIpc) is 2.69. The molecule has 6 nitrogen and oxygen atoms in total. The fourth-order valence-electron chi connectivity index (χ4n) is 2.40. The number of rotatable bonds is 9. The predicted molar refractivity (Wildman–Crippen MR) is 134 cm³/mol. The minimum absolute atomic E-state index is 0. The summed E-state index contributed by atoms with van der Waals surface area (Å²) in [4.78, 5) is 5.39. The molecule has 0 aromatic heterocycles. The Morgan fingerprint density at radius 1 is 1.10 bits per heavy atom. The number of nitrogens with one attached hydrogen (secondary N) is 3. The van der Waals surface area contributed by atoms with Gasteiger partial charge in [-0.3, -0.25) is 4.99 Å². The van der Waals surface area contributed by atoms with Crippen molar-refractivity contribution in [2.75, 3.05) is 26.4 Å². The van der Waals surface area contributed by atoms with E-state index in [4.69, 9.17) is 11.6 Å². The van der Waals surface area contributed by atoms with Gasteiger partial charge in [0.15, 0.2) is 5.96 Å². The van der Waals surface area contributed by atoms with Gasteiger partial charge in [-0.15, -0.1) is 35.7 Å². The summed E-state index contributed by atoms with van der Waals surface area (Å²) in [7, 11) is -0.144. The molecule has 0 saturated carbocycles. The summed E-state index contributed by atoms with van der Waals surface area (Å²) in [5.74, 6) is 1.55. The van der Waals surface area contributed by atoms with Crippen LogP contribution in [0.15, 0.2) is 58.4 Å². The van der Waals surface area contributed by atoms with Gasteiger partial charge in [-0.05, 0) is 42.4 Å². The first-order valence-corrected chi connectivity index (χ1v) is 11.8. The first-order chi connectivity index (χ1) is 13.4. The third kappa shape index (κ3) is 10.0. The van der Waals surface area contributed by atoms with Crippen LogP contribution in [0, 0.1) is 0 Å². The molecule has 10 heteroatoms. The molecule has 0 unspecified atom stereocenters. The Balaban J connectivity index is 0.00000420. The number of thioether (sulfide) groups is 1. The third-order valence-corrected chi connectivity index (χ3v) is 6.42. The van der Waals surface area contributed by atoms with Crippen molar-refractivity contribution in [1.29, 1.82) is 0 Å². The van der Waals surface area contributed by atoms with Crippen LogP contribution in [0.2, 0.25) is 5.02 Å². The van der Waals surface area contributed by atoms with E-state index in [2.05, 4.69) is 20.3 Å². The van der Waals surface area contributed by atoms with Crippen molar-refractivity contribution in [2.24, 2.45) is 4.99 Å². The fraction of sp³-hybridized carbons (Fsp3) is 0.316. The van der Waals surface area contributed by atoms with Crippen LogP contribution >= 0.6 is 47.3 Å². The molecule has 0 saturated heterocycles. The zero-order valence-electron chi connectivity index (χ0n) is 16.3. The molecule has 0 aliphatic heterocycles. The van der Waals surface area contributed by atoms with Gasteiger partial charge in [0.1, 0.15) is 0 Å².